The van der Waals surface area contributed by atoms with Crippen LogP contribution < -0.4 is 5.73 Å². The molecule has 0 saturated heterocycles. The fourth-order valence-corrected chi connectivity index (χ4v) is 0.819. The summed E-state index contributed by atoms with van der Waals surface area (Å²) in [5.41, 5.74) is 5.34. The van der Waals surface area contributed by atoms with E-state index in [1.807, 2.05) is 0 Å². The molecule has 0 amide bonds. The third-order valence-corrected chi connectivity index (χ3v) is 1.44. The van der Waals surface area contributed by atoms with Crippen molar-refractivity contribution in [2.45, 2.75) is 0 Å². The lowest BCUT2D eigenvalue weighted by Crippen LogP contribution is -1.94. The highest BCUT2D eigenvalue weighted by atomic mass is 35.5. The van der Waals surface area contributed by atoms with Gasteiger partial charge in [-0.2, -0.15) is 0 Å². The van der Waals surface area contributed by atoms with E-state index in [1.165, 1.54) is 12.3 Å². The number of aromatic nitrogens is 1. The third-order valence-electron chi connectivity index (χ3n) is 1.17. The number of halogens is 2. The van der Waals surface area contributed by atoms with E-state index in [4.69, 9.17) is 17.3 Å². The standard InChI is InChI=1S/C8H6ClFN2/c9-8-7(10)6(2-1-4-11)3-5-12-8/h3,5H,4,11H2. The Balaban J connectivity index is 3.08. The summed E-state index contributed by atoms with van der Waals surface area (Å²) in [6.45, 7) is 0.194. The molecule has 1 aromatic heterocycles. The first kappa shape index (κ1) is 8.98. The van der Waals surface area contributed by atoms with E-state index in [1.54, 1.807) is 0 Å². The van der Waals surface area contributed by atoms with Crippen molar-refractivity contribution < 1.29 is 4.39 Å². The minimum Gasteiger partial charge on any atom is -0.320 e. The highest BCUT2D eigenvalue weighted by molar-refractivity contribution is 6.29. The molecule has 0 aliphatic carbocycles. The SMILES string of the molecule is NCC#Cc1ccnc(Cl)c1F. The van der Waals surface area contributed by atoms with E-state index >= 15 is 0 Å². The molecule has 0 aliphatic rings. The van der Waals surface area contributed by atoms with Gasteiger partial charge in [0.15, 0.2) is 11.0 Å². The van der Waals surface area contributed by atoms with Gasteiger partial charge in [0.2, 0.25) is 0 Å². The molecule has 0 spiro atoms. The van der Waals surface area contributed by atoms with Crippen molar-refractivity contribution in [1.29, 1.82) is 0 Å². The van der Waals surface area contributed by atoms with Crippen LogP contribution in [0.3, 0.4) is 0 Å². The van der Waals surface area contributed by atoms with E-state index in [0.29, 0.717) is 0 Å². The quantitative estimate of drug-likeness (QED) is 0.486. The molecule has 1 rings (SSSR count). The highest BCUT2D eigenvalue weighted by Crippen LogP contribution is 2.13. The van der Waals surface area contributed by atoms with Crippen molar-refractivity contribution in [2.24, 2.45) is 5.73 Å². The van der Waals surface area contributed by atoms with Gasteiger partial charge in [-0.05, 0) is 6.07 Å². The summed E-state index contributed by atoms with van der Waals surface area (Å²) in [5.74, 6) is 4.47. The maximum absolute atomic E-state index is 13.0. The van der Waals surface area contributed by atoms with Crippen LogP contribution in [0.25, 0.3) is 0 Å². The van der Waals surface area contributed by atoms with Gasteiger partial charge in [-0.1, -0.05) is 23.4 Å². The zero-order valence-electron chi connectivity index (χ0n) is 6.14. The molecule has 0 aromatic carbocycles. The average molecular weight is 185 g/mol. The highest BCUT2D eigenvalue weighted by Gasteiger charge is 2.03. The largest absolute Gasteiger partial charge is 0.320 e. The monoisotopic (exact) mass is 184 g/mol. The maximum atomic E-state index is 13.0. The second kappa shape index (κ2) is 4.05. The van der Waals surface area contributed by atoms with Crippen LogP contribution in [0.1, 0.15) is 5.56 Å². The van der Waals surface area contributed by atoms with Crippen LogP contribution in [0.5, 0.6) is 0 Å². The summed E-state index contributed by atoms with van der Waals surface area (Å²) in [6, 6.07) is 1.45. The predicted octanol–water partition coefficient (Wildman–Crippen LogP) is 1.18. The average Bonchev–Trinajstić information content (AvgIpc) is 2.08. The second-order valence-corrected chi connectivity index (χ2v) is 2.33. The Bertz CT molecular complexity index is 341. The van der Waals surface area contributed by atoms with Gasteiger partial charge in [-0.25, -0.2) is 9.37 Å². The molecule has 0 fully saturated rings. The molecule has 0 aliphatic heterocycles. The van der Waals surface area contributed by atoms with E-state index in [-0.39, 0.29) is 17.3 Å². The van der Waals surface area contributed by atoms with Crippen LogP contribution >= 0.6 is 11.6 Å². The lowest BCUT2D eigenvalue weighted by molar-refractivity contribution is 0.618. The molecule has 0 unspecified atom stereocenters. The van der Waals surface area contributed by atoms with Gasteiger partial charge in [0.05, 0.1) is 12.1 Å². The molecule has 0 atom stereocenters. The predicted molar refractivity (Wildman–Crippen MR) is 45.1 cm³/mol. The number of hydrogen-bond donors (Lipinski definition) is 1. The molecule has 62 valence electrons. The molecule has 4 heteroatoms. The lowest BCUT2D eigenvalue weighted by atomic mass is 10.2. The lowest BCUT2D eigenvalue weighted by Gasteiger charge is -1.94. The van der Waals surface area contributed by atoms with E-state index in [2.05, 4.69) is 16.8 Å². The molecule has 12 heavy (non-hydrogen) atoms. The van der Waals surface area contributed by atoms with Crippen molar-refractivity contribution in [2.75, 3.05) is 6.54 Å². The summed E-state index contributed by atoms with van der Waals surface area (Å²) in [5, 5.41) is -0.168. The molecule has 1 aromatic rings. The van der Waals surface area contributed by atoms with E-state index in [9.17, 15) is 4.39 Å². The molecule has 1 heterocycles. The van der Waals surface area contributed by atoms with Crippen LogP contribution in [0.15, 0.2) is 12.3 Å². The van der Waals surface area contributed by atoms with Gasteiger partial charge in [0, 0.05) is 6.20 Å². The summed E-state index contributed by atoms with van der Waals surface area (Å²) in [4.78, 5) is 3.54. The molecule has 2 N–H and O–H groups in total. The molecule has 0 bridgehead atoms. The smallest absolute Gasteiger partial charge is 0.176 e. The normalized spacial score (nSPS) is 8.92. The van der Waals surface area contributed by atoms with E-state index in [0.717, 1.165) is 0 Å². The first-order valence-electron chi connectivity index (χ1n) is 3.24. The Kier molecular flexibility index (Phi) is 3.03. The van der Waals surface area contributed by atoms with Crippen molar-refractivity contribution in [3.8, 4) is 11.8 Å². The van der Waals surface area contributed by atoms with Crippen LogP contribution in [0, 0.1) is 17.7 Å². The van der Waals surface area contributed by atoms with Crippen LogP contribution in [-0.2, 0) is 0 Å². The Hall–Kier alpha value is -1.11. The van der Waals surface area contributed by atoms with Crippen molar-refractivity contribution in [3.05, 3.63) is 28.8 Å². The fraction of sp³-hybridized carbons (Fsp3) is 0.125. The Morgan fingerprint density at radius 1 is 1.67 bits per heavy atom. The van der Waals surface area contributed by atoms with Crippen LogP contribution in [0.2, 0.25) is 5.15 Å². The van der Waals surface area contributed by atoms with Crippen molar-refractivity contribution in [3.63, 3.8) is 0 Å². The molecular weight excluding hydrogens is 179 g/mol. The number of nitrogens with zero attached hydrogens (tertiary/aromatic N) is 1. The zero-order valence-corrected chi connectivity index (χ0v) is 6.90. The topological polar surface area (TPSA) is 38.9 Å². The number of hydrogen-bond acceptors (Lipinski definition) is 2. The summed E-state index contributed by atoms with van der Waals surface area (Å²) in [6.07, 6.45) is 1.39. The first-order valence-corrected chi connectivity index (χ1v) is 3.62. The molecule has 0 radical (unpaired) electrons. The second-order valence-electron chi connectivity index (χ2n) is 1.97. The minimum atomic E-state index is -0.597. The number of pyridine rings is 1. The van der Waals surface area contributed by atoms with Crippen molar-refractivity contribution >= 4 is 11.6 Å². The summed E-state index contributed by atoms with van der Waals surface area (Å²) >= 11 is 5.41. The Morgan fingerprint density at radius 2 is 2.42 bits per heavy atom. The van der Waals surface area contributed by atoms with Crippen LogP contribution in [0.4, 0.5) is 4.39 Å². The maximum Gasteiger partial charge on any atom is 0.176 e. The molecular formula is C8H6ClFN2. The number of rotatable bonds is 0. The fourth-order valence-electron chi connectivity index (χ4n) is 0.661. The summed E-state index contributed by atoms with van der Waals surface area (Å²) in [7, 11) is 0. The molecule has 2 nitrogen and oxygen atoms in total. The zero-order chi connectivity index (χ0) is 8.97. The third kappa shape index (κ3) is 1.94. The van der Waals surface area contributed by atoms with Gasteiger partial charge in [0.1, 0.15) is 0 Å². The molecule has 0 saturated carbocycles. The Labute approximate surface area is 74.6 Å². The van der Waals surface area contributed by atoms with Crippen molar-refractivity contribution in [1.82, 2.24) is 4.98 Å². The number of nitrogens with two attached hydrogens (primary N) is 1. The van der Waals surface area contributed by atoms with Gasteiger partial charge in [0.25, 0.3) is 0 Å². The van der Waals surface area contributed by atoms with Crippen LogP contribution in [-0.4, -0.2) is 11.5 Å². The minimum absolute atomic E-state index is 0.168. The van der Waals surface area contributed by atoms with Gasteiger partial charge in [-0.15, -0.1) is 0 Å². The van der Waals surface area contributed by atoms with Gasteiger partial charge in [-0.3, -0.25) is 0 Å². The Morgan fingerprint density at radius 3 is 3.08 bits per heavy atom. The summed E-state index contributed by atoms with van der Waals surface area (Å²) < 4.78 is 13.0. The van der Waals surface area contributed by atoms with Gasteiger partial charge >= 0.3 is 0 Å². The van der Waals surface area contributed by atoms with E-state index < -0.39 is 5.82 Å². The first-order chi connectivity index (χ1) is 5.75. The van der Waals surface area contributed by atoms with Gasteiger partial charge < -0.3 is 5.73 Å².